The van der Waals surface area contributed by atoms with E-state index in [-0.39, 0.29) is 23.3 Å². The van der Waals surface area contributed by atoms with E-state index in [0.29, 0.717) is 10.7 Å². The zero-order valence-electron chi connectivity index (χ0n) is 16.0. The molecule has 2 aliphatic rings. The van der Waals surface area contributed by atoms with E-state index in [2.05, 4.69) is 15.3 Å². The summed E-state index contributed by atoms with van der Waals surface area (Å²) in [5.74, 6) is -1.07. The van der Waals surface area contributed by atoms with Gasteiger partial charge in [0.2, 0.25) is 16.0 Å². The summed E-state index contributed by atoms with van der Waals surface area (Å²) in [6.07, 6.45) is 3.28. The fourth-order valence-electron chi connectivity index (χ4n) is 3.90. The van der Waals surface area contributed by atoms with Crippen LogP contribution in [0.25, 0.3) is 0 Å². The molecule has 0 saturated heterocycles. The first-order chi connectivity index (χ1) is 13.6. The predicted molar refractivity (Wildman–Crippen MR) is 111 cm³/mol. The zero-order valence-corrected chi connectivity index (χ0v) is 17.6. The minimum absolute atomic E-state index is 0.0166. The number of rotatable bonds is 3. The molecule has 2 heterocycles. The molecule has 0 fully saturated rings. The lowest BCUT2D eigenvalue weighted by Gasteiger charge is -2.34. The van der Waals surface area contributed by atoms with Crippen LogP contribution in [-0.2, 0) is 22.0 Å². The summed E-state index contributed by atoms with van der Waals surface area (Å²) in [7, 11) is -2.36. The van der Waals surface area contributed by atoms with Crippen molar-refractivity contribution in [2.75, 3.05) is 18.1 Å². The van der Waals surface area contributed by atoms with Crippen molar-refractivity contribution in [2.45, 2.75) is 31.3 Å². The molecule has 2 aromatic rings. The van der Waals surface area contributed by atoms with Crippen molar-refractivity contribution >= 4 is 33.3 Å². The number of hydrogen-bond donors (Lipinski definition) is 2. The van der Waals surface area contributed by atoms with Crippen LogP contribution in [0.3, 0.4) is 0 Å². The second-order valence-electron chi connectivity index (χ2n) is 7.59. The van der Waals surface area contributed by atoms with Crippen LogP contribution in [0.1, 0.15) is 36.2 Å². The maximum Gasteiger partial charge on any atom is 0.239 e. The third kappa shape index (κ3) is 3.53. The number of halogens is 2. The van der Waals surface area contributed by atoms with E-state index in [1.165, 1.54) is 13.1 Å². The molecule has 10 heteroatoms. The Labute approximate surface area is 173 Å². The fraction of sp³-hybridized carbons (Fsp3) is 0.368. The molecule has 0 radical (unpaired) electrons. The van der Waals surface area contributed by atoms with Gasteiger partial charge in [-0.15, -0.1) is 0 Å². The molecule has 2 unspecified atom stereocenters. The van der Waals surface area contributed by atoms with Crippen LogP contribution in [-0.4, -0.2) is 36.5 Å². The van der Waals surface area contributed by atoms with Crippen LogP contribution in [0, 0.1) is 5.82 Å². The first-order valence-electron chi connectivity index (χ1n) is 9.12. The van der Waals surface area contributed by atoms with Gasteiger partial charge in [-0.05, 0) is 49.6 Å². The Morgan fingerprint density at radius 3 is 2.86 bits per heavy atom. The molecular formula is C19H21ClFN5O2S. The Hall–Kier alpha value is -2.39. The van der Waals surface area contributed by atoms with Gasteiger partial charge in [-0.2, -0.15) is 0 Å². The van der Waals surface area contributed by atoms with Crippen LogP contribution in [0.2, 0.25) is 5.02 Å². The molecule has 2 atom stereocenters. The van der Waals surface area contributed by atoms with Crippen LogP contribution in [0.5, 0.6) is 0 Å². The maximum atomic E-state index is 14.7. The van der Waals surface area contributed by atoms with Crippen LogP contribution in [0.15, 0.2) is 35.5 Å². The number of hydrogen-bond acceptors (Lipinski definition) is 6. The van der Waals surface area contributed by atoms with E-state index in [0.717, 1.165) is 28.4 Å². The smallest absolute Gasteiger partial charge is 0.239 e. The van der Waals surface area contributed by atoms with Crippen LogP contribution in [0.4, 0.5) is 10.1 Å². The van der Waals surface area contributed by atoms with Crippen molar-refractivity contribution in [1.82, 2.24) is 9.29 Å². The van der Waals surface area contributed by atoms with E-state index in [1.807, 2.05) is 6.07 Å². The maximum absolute atomic E-state index is 14.7. The monoisotopic (exact) mass is 437 g/mol. The van der Waals surface area contributed by atoms with Crippen molar-refractivity contribution in [3.05, 3.63) is 58.1 Å². The van der Waals surface area contributed by atoms with Gasteiger partial charge in [0.1, 0.15) is 11.4 Å². The summed E-state index contributed by atoms with van der Waals surface area (Å²) >= 11 is 6.08. The highest BCUT2D eigenvalue weighted by atomic mass is 35.5. The molecular weight excluding hydrogens is 417 g/mol. The third-order valence-corrected chi connectivity index (χ3v) is 7.62. The number of anilines is 1. The Bertz CT molecular complexity index is 1120. The number of aliphatic imine (C=N–C) groups is 1. The first kappa shape index (κ1) is 19.9. The molecule has 1 aliphatic carbocycles. The number of nitrogens with one attached hydrogen (secondary N) is 1. The number of fused-ring (bicyclic) bond motifs is 1. The average molecular weight is 438 g/mol. The lowest BCUT2D eigenvalue weighted by atomic mass is 9.93. The topological polar surface area (TPSA) is 101 Å². The van der Waals surface area contributed by atoms with Crippen LogP contribution >= 0.6 is 11.6 Å². The Balaban J connectivity index is 1.69. The highest BCUT2D eigenvalue weighted by Crippen LogP contribution is 2.37. The SMILES string of the molecule is CN1C(N)=NC(C)(c2cc(NC3CCc4ncc(Cl)cc43)ccc2F)CS1(=O)=O. The summed E-state index contributed by atoms with van der Waals surface area (Å²) in [6, 6.07) is 6.40. The number of sulfonamides is 1. The summed E-state index contributed by atoms with van der Waals surface area (Å²) in [4.78, 5) is 8.65. The molecule has 0 saturated carbocycles. The van der Waals surface area contributed by atoms with Crippen LogP contribution < -0.4 is 11.1 Å². The van der Waals surface area contributed by atoms with E-state index in [4.69, 9.17) is 17.3 Å². The molecule has 0 bridgehead atoms. The third-order valence-electron chi connectivity index (χ3n) is 5.47. The second kappa shape index (κ2) is 6.84. The molecule has 1 aromatic heterocycles. The van der Waals surface area contributed by atoms with Gasteiger partial charge in [0.15, 0.2) is 0 Å². The normalized spacial score (nSPS) is 25.4. The molecule has 0 spiro atoms. The lowest BCUT2D eigenvalue weighted by Crippen LogP contribution is -2.50. The van der Waals surface area contributed by atoms with Gasteiger partial charge in [0.05, 0.1) is 16.8 Å². The number of aryl methyl sites for hydroxylation is 1. The number of nitrogens with zero attached hydrogens (tertiary/aromatic N) is 3. The number of benzene rings is 1. The van der Waals surface area contributed by atoms with Gasteiger partial charge >= 0.3 is 0 Å². The average Bonchev–Trinajstić information content (AvgIpc) is 3.03. The van der Waals surface area contributed by atoms with E-state index in [9.17, 15) is 12.8 Å². The van der Waals surface area contributed by atoms with Crippen molar-refractivity contribution in [2.24, 2.45) is 10.7 Å². The van der Waals surface area contributed by atoms with E-state index < -0.39 is 21.4 Å². The largest absolute Gasteiger partial charge is 0.378 e. The quantitative estimate of drug-likeness (QED) is 0.768. The molecule has 1 aliphatic heterocycles. The van der Waals surface area contributed by atoms with E-state index in [1.54, 1.807) is 25.3 Å². The molecule has 29 heavy (non-hydrogen) atoms. The zero-order chi connectivity index (χ0) is 21.0. The van der Waals surface area contributed by atoms with Crippen molar-refractivity contribution < 1.29 is 12.8 Å². The molecule has 0 amide bonds. The summed E-state index contributed by atoms with van der Waals surface area (Å²) in [5, 5.41) is 3.95. The highest BCUT2D eigenvalue weighted by Gasteiger charge is 2.41. The fourth-order valence-corrected chi connectivity index (χ4v) is 5.51. The van der Waals surface area contributed by atoms with Gasteiger partial charge < -0.3 is 11.1 Å². The van der Waals surface area contributed by atoms with Gasteiger partial charge in [0, 0.05) is 30.2 Å². The first-order valence-corrected chi connectivity index (χ1v) is 11.1. The number of pyridine rings is 1. The van der Waals surface area contributed by atoms with Crippen molar-refractivity contribution in [1.29, 1.82) is 0 Å². The highest BCUT2D eigenvalue weighted by molar-refractivity contribution is 7.89. The molecule has 154 valence electrons. The van der Waals surface area contributed by atoms with Gasteiger partial charge in [-0.1, -0.05) is 11.6 Å². The summed E-state index contributed by atoms with van der Waals surface area (Å²) in [5.41, 5.74) is 7.30. The standard InChI is InChI=1S/C19H21ClFN5O2S/c1-19(10-29(27,28)26(2)18(22)25-19)14-8-12(3-4-15(14)21)24-17-6-5-16-13(17)7-11(20)9-23-16/h3-4,7-9,17,24H,5-6,10H2,1-2H3,(H2,22,25). The number of nitrogens with two attached hydrogens (primary N) is 1. The van der Waals surface area contributed by atoms with Gasteiger partial charge in [-0.25, -0.2) is 22.1 Å². The Morgan fingerprint density at radius 1 is 1.38 bits per heavy atom. The van der Waals surface area contributed by atoms with Crippen molar-refractivity contribution in [3.63, 3.8) is 0 Å². The molecule has 7 nitrogen and oxygen atoms in total. The van der Waals surface area contributed by atoms with Gasteiger partial charge in [0.25, 0.3) is 0 Å². The number of aromatic nitrogens is 1. The Morgan fingerprint density at radius 2 is 2.14 bits per heavy atom. The molecule has 4 rings (SSSR count). The second-order valence-corrected chi connectivity index (χ2v) is 10.0. The minimum atomic E-state index is -3.70. The summed E-state index contributed by atoms with van der Waals surface area (Å²) in [6.45, 7) is 1.57. The number of guanidine groups is 1. The van der Waals surface area contributed by atoms with E-state index >= 15 is 0 Å². The van der Waals surface area contributed by atoms with Crippen molar-refractivity contribution in [3.8, 4) is 0 Å². The van der Waals surface area contributed by atoms with Gasteiger partial charge in [-0.3, -0.25) is 4.98 Å². The Kier molecular flexibility index (Phi) is 4.70. The minimum Gasteiger partial charge on any atom is -0.378 e. The summed E-state index contributed by atoms with van der Waals surface area (Å²) < 4.78 is 40.5. The molecule has 3 N–H and O–H groups in total. The predicted octanol–water partition coefficient (Wildman–Crippen LogP) is 2.78. The molecule has 1 aromatic carbocycles. The lowest BCUT2D eigenvalue weighted by molar-refractivity contribution is 0.458.